The Hall–Kier alpha value is -3.43. The number of nitrogens with one attached hydrogen (secondary N) is 2. The van der Waals surface area contributed by atoms with Crippen LogP contribution in [0.3, 0.4) is 0 Å². The molecule has 0 saturated heterocycles. The molecule has 0 aliphatic carbocycles. The van der Waals surface area contributed by atoms with Crippen LogP contribution in [0.15, 0.2) is 42.5 Å². The van der Waals surface area contributed by atoms with E-state index < -0.39 is 12.8 Å². The van der Waals surface area contributed by atoms with Crippen molar-refractivity contribution in [3.05, 3.63) is 48.0 Å². The number of hydrogen-bond donors (Lipinski definition) is 2. The second kappa shape index (κ2) is 11.8. The monoisotopic (exact) mass is 454 g/mol. The quantitative estimate of drug-likeness (QED) is 0.541. The standard InChI is InChI=1S/C22H25F3N2O5/c1-3-26-21(29)13-31-17-8-6-16(7-9-17)27-20(28)11-5-15-4-10-18(19(12-15)30-2)32-14-22(23,24)25/h4,6-10,12H,3,5,11,13-14H2,1-2H3,(H,26,29)(H,27,28). The lowest BCUT2D eigenvalue weighted by molar-refractivity contribution is -0.153. The maximum atomic E-state index is 12.3. The highest BCUT2D eigenvalue weighted by molar-refractivity contribution is 5.90. The van der Waals surface area contributed by atoms with E-state index in [0.29, 0.717) is 30.0 Å². The molecule has 2 aromatic carbocycles. The molecule has 0 aliphatic rings. The second-order valence-corrected chi connectivity index (χ2v) is 6.70. The van der Waals surface area contributed by atoms with Gasteiger partial charge in [-0.05, 0) is 55.3 Å². The van der Waals surface area contributed by atoms with Gasteiger partial charge in [-0.15, -0.1) is 0 Å². The zero-order valence-corrected chi connectivity index (χ0v) is 17.8. The first-order valence-corrected chi connectivity index (χ1v) is 9.86. The van der Waals surface area contributed by atoms with E-state index in [2.05, 4.69) is 10.6 Å². The van der Waals surface area contributed by atoms with Crippen LogP contribution in [-0.4, -0.2) is 44.9 Å². The summed E-state index contributed by atoms with van der Waals surface area (Å²) in [6.07, 6.45) is -3.94. The average Bonchev–Trinajstić information content (AvgIpc) is 2.75. The number of likely N-dealkylation sites (N-methyl/N-ethyl adjacent to an activating group) is 1. The normalized spacial score (nSPS) is 10.9. The molecular weight excluding hydrogens is 429 g/mol. The zero-order valence-electron chi connectivity index (χ0n) is 17.8. The van der Waals surface area contributed by atoms with Crippen LogP contribution in [0, 0.1) is 0 Å². The van der Waals surface area contributed by atoms with Gasteiger partial charge in [0.25, 0.3) is 5.91 Å². The Morgan fingerprint density at radius 2 is 1.69 bits per heavy atom. The maximum Gasteiger partial charge on any atom is 0.422 e. The summed E-state index contributed by atoms with van der Waals surface area (Å²) in [5, 5.41) is 5.37. The van der Waals surface area contributed by atoms with Gasteiger partial charge in [-0.3, -0.25) is 9.59 Å². The maximum absolute atomic E-state index is 12.3. The lowest BCUT2D eigenvalue weighted by atomic mass is 10.1. The van der Waals surface area contributed by atoms with Gasteiger partial charge >= 0.3 is 6.18 Å². The predicted octanol–water partition coefficient (Wildman–Crippen LogP) is 3.72. The molecule has 0 aliphatic heterocycles. The summed E-state index contributed by atoms with van der Waals surface area (Å²) in [4.78, 5) is 23.6. The Balaban J connectivity index is 1.84. The first-order valence-electron chi connectivity index (χ1n) is 9.86. The summed E-state index contributed by atoms with van der Waals surface area (Å²) in [5.41, 5.74) is 1.28. The number of rotatable bonds is 11. The molecule has 32 heavy (non-hydrogen) atoms. The molecule has 2 N–H and O–H groups in total. The second-order valence-electron chi connectivity index (χ2n) is 6.70. The molecule has 0 radical (unpaired) electrons. The fourth-order valence-corrected chi connectivity index (χ4v) is 2.66. The largest absolute Gasteiger partial charge is 0.493 e. The first-order chi connectivity index (χ1) is 15.2. The third-order valence-corrected chi connectivity index (χ3v) is 4.14. The van der Waals surface area contributed by atoms with Crippen molar-refractivity contribution >= 4 is 17.5 Å². The number of carbonyl (C=O) groups is 2. The molecule has 0 atom stereocenters. The van der Waals surface area contributed by atoms with Crippen molar-refractivity contribution in [3.8, 4) is 17.2 Å². The molecule has 0 bridgehead atoms. The molecule has 0 heterocycles. The van der Waals surface area contributed by atoms with Gasteiger partial charge in [0.1, 0.15) is 5.75 Å². The lowest BCUT2D eigenvalue weighted by Crippen LogP contribution is -2.28. The third-order valence-electron chi connectivity index (χ3n) is 4.14. The zero-order chi connectivity index (χ0) is 23.6. The van der Waals surface area contributed by atoms with Crippen LogP contribution in [-0.2, 0) is 16.0 Å². The van der Waals surface area contributed by atoms with E-state index in [4.69, 9.17) is 14.2 Å². The van der Waals surface area contributed by atoms with Crippen LogP contribution in [0.2, 0.25) is 0 Å². The molecule has 0 unspecified atom stereocenters. The van der Waals surface area contributed by atoms with E-state index in [0.717, 1.165) is 0 Å². The molecule has 174 valence electrons. The van der Waals surface area contributed by atoms with Crippen molar-refractivity contribution in [2.75, 3.05) is 32.2 Å². The fourth-order valence-electron chi connectivity index (χ4n) is 2.66. The van der Waals surface area contributed by atoms with Gasteiger partial charge < -0.3 is 24.8 Å². The Kier molecular flexibility index (Phi) is 9.18. The van der Waals surface area contributed by atoms with Crippen molar-refractivity contribution < 1.29 is 37.0 Å². The van der Waals surface area contributed by atoms with Gasteiger partial charge in [0, 0.05) is 18.7 Å². The van der Waals surface area contributed by atoms with Crippen LogP contribution >= 0.6 is 0 Å². The highest BCUT2D eigenvalue weighted by atomic mass is 19.4. The van der Waals surface area contributed by atoms with E-state index in [1.54, 1.807) is 36.4 Å². The van der Waals surface area contributed by atoms with Crippen LogP contribution < -0.4 is 24.8 Å². The molecule has 0 fully saturated rings. The van der Waals surface area contributed by atoms with Crippen LogP contribution in [0.25, 0.3) is 0 Å². The number of hydrogen-bond acceptors (Lipinski definition) is 5. The van der Waals surface area contributed by atoms with Crippen molar-refractivity contribution in [2.45, 2.75) is 25.9 Å². The Morgan fingerprint density at radius 1 is 0.969 bits per heavy atom. The van der Waals surface area contributed by atoms with E-state index in [9.17, 15) is 22.8 Å². The number of ether oxygens (including phenoxy) is 3. The topological polar surface area (TPSA) is 85.9 Å². The van der Waals surface area contributed by atoms with E-state index in [-0.39, 0.29) is 36.3 Å². The van der Waals surface area contributed by atoms with Crippen molar-refractivity contribution in [2.24, 2.45) is 0 Å². The van der Waals surface area contributed by atoms with Crippen molar-refractivity contribution in [1.82, 2.24) is 5.32 Å². The summed E-state index contributed by atoms with van der Waals surface area (Å²) in [6.45, 7) is 0.827. The minimum atomic E-state index is -4.45. The molecule has 2 aromatic rings. The van der Waals surface area contributed by atoms with Gasteiger partial charge in [0.05, 0.1) is 7.11 Å². The van der Waals surface area contributed by atoms with E-state index in [1.165, 1.54) is 13.2 Å². The molecule has 7 nitrogen and oxygen atoms in total. The van der Waals surface area contributed by atoms with Gasteiger partial charge in [0.2, 0.25) is 5.91 Å². The van der Waals surface area contributed by atoms with Crippen LogP contribution in [0.1, 0.15) is 18.9 Å². The summed E-state index contributed by atoms with van der Waals surface area (Å²) in [7, 11) is 1.33. The minimum absolute atomic E-state index is 0.0208. The highest BCUT2D eigenvalue weighted by Gasteiger charge is 2.29. The number of alkyl halides is 3. The summed E-state index contributed by atoms with van der Waals surface area (Å²) in [6, 6.07) is 11.1. The van der Waals surface area contributed by atoms with Gasteiger partial charge in [0.15, 0.2) is 24.7 Å². The smallest absolute Gasteiger partial charge is 0.422 e. The molecule has 0 saturated carbocycles. The molecule has 0 spiro atoms. The van der Waals surface area contributed by atoms with Crippen molar-refractivity contribution in [3.63, 3.8) is 0 Å². The number of carbonyl (C=O) groups excluding carboxylic acids is 2. The third kappa shape index (κ3) is 8.75. The molecular formula is C22H25F3N2O5. The number of methoxy groups -OCH3 is 1. The Bertz CT molecular complexity index is 901. The predicted molar refractivity (Wildman–Crippen MR) is 112 cm³/mol. The number of anilines is 1. The summed E-state index contributed by atoms with van der Waals surface area (Å²) in [5.74, 6) is 0.177. The minimum Gasteiger partial charge on any atom is -0.493 e. The van der Waals surface area contributed by atoms with Crippen LogP contribution in [0.5, 0.6) is 17.2 Å². The number of amides is 2. The Morgan fingerprint density at radius 3 is 2.31 bits per heavy atom. The lowest BCUT2D eigenvalue weighted by Gasteiger charge is -2.13. The average molecular weight is 454 g/mol. The Labute approximate surface area is 183 Å². The van der Waals surface area contributed by atoms with Gasteiger partial charge in [-0.25, -0.2) is 0 Å². The van der Waals surface area contributed by atoms with Crippen LogP contribution in [0.4, 0.5) is 18.9 Å². The summed E-state index contributed by atoms with van der Waals surface area (Å²) >= 11 is 0. The van der Waals surface area contributed by atoms with E-state index in [1.807, 2.05) is 6.92 Å². The molecule has 2 amide bonds. The molecule has 2 rings (SSSR count). The van der Waals surface area contributed by atoms with E-state index >= 15 is 0 Å². The molecule has 0 aromatic heterocycles. The van der Waals surface area contributed by atoms with Gasteiger partial charge in [-0.2, -0.15) is 13.2 Å². The number of benzene rings is 2. The van der Waals surface area contributed by atoms with Gasteiger partial charge in [-0.1, -0.05) is 6.07 Å². The SMILES string of the molecule is CCNC(=O)COc1ccc(NC(=O)CCc2ccc(OCC(F)(F)F)c(OC)c2)cc1. The fraction of sp³-hybridized carbons (Fsp3) is 0.364. The van der Waals surface area contributed by atoms with Crippen molar-refractivity contribution in [1.29, 1.82) is 0 Å². The summed E-state index contributed by atoms with van der Waals surface area (Å²) < 4.78 is 52.2. The molecule has 10 heteroatoms. The number of halogens is 3. The highest BCUT2D eigenvalue weighted by Crippen LogP contribution is 2.30. The number of aryl methyl sites for hydroxylation is 1. The first kappa shape index (κ1) is 24.8.